The van der Waals surface area contributed by atoms with Gasteiger partial charge >= 0.3 is 5.97 Å². The van der Waals surface area contributed by atoms with Crippen LogP contribution in [-0.4, -0.2) is 72.6 Å². The first-order chi connectivity index (χ1) is 17.9. The molecule has 3 saturated heterocycles. The van der Waals surface area contributed by atoms with Gasteiger partial charge in [-0.2, -0.15) is 0 Å². The lowest BCUT2D eigenvalue weighted by Crippen LogP contribution is -2.49. The monoisotopic (exact) mass is 532 g/mol. The second-order valence-electron chi connectivity index (χ2n) is 14.0. The van der Waals surface area contributed by atoms with E-state index in [0.29, 0.717) is 19.5 Å². The van der Waals surface area contributed by atoms with Gasteiger partial charge in [0.05, 0.1) is 41.0 Å². The van der Waals surface area contributed by atoms with Gasteiger partial charge in [-0.15, -0.1) is 0 Å². The maximum Gasteiger partial charge on any atom is 0.309 e. The van der Waals surface area contributed by atoms with Crippen molar-refractivity contribution < 1.29 is 33.3 Å². The van der Waals surface area contributed by atoms with Crippen molar-refractivity contribution in [3.05, 3.63) is 0 Å². The van der Waals surface area contributed by atoms with E-state index in [1.54, 1.807) is 0 Å². The summed E-state index contributed by atoms with van der Waals surface area (Å²) in [5, 5.41) is 6.22. The van der Waals surface area contributed by atoms with E-state index in [1.165, 1.54) is 0 Å². The van der Waals surface area contributed by atoms with Crippen molar-refractivity contribution in [3.8, 4) is 0 Å². The van der Waals surface area contributed by atoms with Crippen LogP contribution < -0.4 is 10.6 Å². The SMILES string of the molecule is CC(CNC(=O)C1CCC2(C)OC2C1)(CNC(=O)C1CCC2(C)OC2C1)COC(=O)C1CCC2(C)OC2C1. The Morgan fingerprint density at radius 3 is 1.55 bits per heavy atom. The zero-order valence-electron chi connectivity index (χ0n) is 23.3. The number of hydrogen-bond donors (Lipinski definition) is 2. The van der Waals surface area contributed by atoms with E-state index in [0.717, 1.165) is 51.4 Å². The number of hydrogen-bond acceptors (Lipinski definition) is 7. The van der Waals surface area contributed by atoms with Gasteiger partial charge in [0, 0.05) is 30.3 Å². The van der Waals surface area contributed by atoms with Gasteiger partial charge < -0.3 is 29.6 Å². The predicted molar refractivity (Wildman–Crippen MR) is 137 cm³/mol. The molecule has 2 N–H and O–H groups in total. The number of ether oxygens (including phenoxy) is 4. The maximum absolute atomic E-state index is 13.0. The van der Waals surface area contributed by atoms with Crippen molar-refractivity contribution in [2.75, 3.05) is 19.7 Å². The first-order valence-electron chi connectivity index (χ1n) is 14.7. The van der Waals surface area contributed by atoms with Gasteiger partial charge in [0.1, 0.15) is 6.61 Å². The highest BCUT2D eigenvalue weighted by Crippen LogP contribution is 2.51. The summed E-state index contributed by atoms with van der Waals surface area (Å²) in [6.45, 7) is 9.07. The van der Waals surface area contributed by atoms with E-state index in [-0.39, 0.29) is 77.3 Å². The zero-order valence-corrected chi connectivity index (χ0v) is 23.3. The third-order valence-corrected chi connectivity index (χ3v) is 10.6. The molecule has 3 aliphatic heterocycles. The summed E-state index contributed by atoms with van der Waals surface area (Å²) in [4.78, 5) is 39.0. The molecule has 3 heterocycles. The molecule has 6 rings (SSSR count). The van der Waals surface area contributed by atoms with Crippen LogP contribution in [0.1, 0.15) is 85.5 Å². The first kappa shape index (κ1) is 26.5. The summed E-state index contributed by atoms with van der Waals surface area (Å²) in [5.41, 5.74) is -0.745. The van der Waals surface area contributed by atoms with Gasteiger partial charge in [0.25, 0.3) is 0 Å². The Bertz CT molecular complexity index is 882. The predicted octanol–water partition coefficient (Wildman–Crippen LogP) is 2.64. The molecule has 9 nitrogen and oxygen atoms in total. The van der Waals surface area contributed by atoms with Crippen molar-refractivity contribution in [1.29, 1.82) is 0 Å². The number of rotatable bonds is 9. The number of carbonyl (C=O) groups excluding carboxylic acids is 3. The standard InChI is InChI=1S/C29H44N2O7/c1-26(14-30-23(32)17-5-8-27(2)20(11-17)36-27,15-31-24(33)18-6-9-28(3)21(12-18)37-28)16-35-25(34)19-7-10-29(4)22(13-19)38-29/h17-22H,5-16H2,1-4H3,(H,30,32)(H,31,33). The Labute approximate surface area is 225 Å². The summed E-state index contributed by atoms with van der Waals surface area (Å²) in [6.07, 6.45) is 7.78. The fraction of sp³-hybridized carbons (Fsp3) is 0.897. The molecule has 0 aromatic rings. The minimum atomic E-state index is -0.626. The third kappa shape index (κ3) is 5.22. The Balaban J connectivity index is 1.03. The molecule has 6 aliphatic rings. The summed E-state index contributed by atoms with van der Waals surface area (Å²) in [5.74, 6) is -0.470. The Hall–Kier alpha value is -1.71. The van der Waals surface area contributed by atoms with Crippen LogP contribution in [0.3, 0.4) is 0 Å². The molecule has 38 heavy (non-hydrogen) atoms. The van der Waals surface area contributed by atoms with E-state index in [4.69, 9.17) is 18.9 Å². The molecule has 0 spiro atoms. The van der Waals surface area contributed by atoms with Crippen LogP contribution in [0.2, 0.25) is 0 Å². The Morgan fingerprint density at radius 1 is 0.737 bits per heavy atom. The number of esters is 1. The van der Waals surface area contributed by atoms with Crippen LogP contribution in [0, 0.1) is 23.2 Å². The molecule has 2 amide bonds. The number of carbonyl (C=O) groups is 3. The Morgan fingerprint density at radius 2 is 1.13 bits per heavy atom. The molecule has 0 aromatic heterocycles. The van der Waals surface area contributed by atoms with Crippen LogP contribution in [0.15, 0.2) is 0 Å². The molecular formula is C29H44N2O7. The van der Waals surface area contributed by atoms with E-state index in [2.05, 4.69) is 31.4 Å². The van der Waals surface area contributed by atoms with Crippen molar-refractivity contribution in [3.63, 3.8) is 0 Å². The summed E-state index contributed by atoms with van der Waals surface area (Å²) in [6, 6.07) is 0. The molecule has 3 saturated carbocycles. The topological polar surface area (TPSA) is 122 Å². The molecular weight excluding hydrogens is 488 g/mol. The van der Waals surface area contributed by atoms with Crippen LogP contribution in [0.25, 0.3) is 0 Å². The van der Waals surface area contributed by atoms with Gasteiger partial charge in [0.15, 0.2) is 0 Å². The van der Waals surface area contributed by atoms with Gasteiger partial charge in [0.2, 0.25) is 11.8 Å². The molecule has 0 aromatic carbocycles. The number of fused-ring (bicyclic) bond motifs is 3. The van der Waals surface area contributed by atoms with E-state index >= 15 is 0 Å². The van der Waals surface area contributed by atoms with Crippen LogP contribution in [0.4, 0.5) is 0 Å². The lowest BCUT2D eigenvalue weighted by atomic mass is 9.82. The largest absolute Gasteiger partial charge is 0.465 e. The molecule has 3 aliphatic carbocycles. The van der Waals surface area contributed by atoms with Crippen LogP contribution >= 0.6 is 0 Å². The van der Waals surface area contributed by atoms with Gasteiger partial charge in [-0.1, -0.05) is 6.92 Å². The number of amides is 2. The maximum atomic E-state index is 13.0. The van der Waals surface area contributed by atoms with Crippen molar-refractivity contribution in [2.24, 2.45) is 23.2 Å². The van der Waals surface area contributed by atoms with Gasteiger partial charge in [-0.25, -0.2) is 0 Å². The second kappa shape index (κ2) is 9.16. The third-order valence-electron chi connectivity index (χ3n) is 10.6. The highest BCUT2D eigenvalue weighted by Gasteiger charge is 2.58. The minimum absolute atomic E-state index is 0.0151. The van der Waals surface area contributed by atoms with Crippen LogP contribution in [-0.2, 0) is 33.3 Å². The molecule has 0 bridgehead atoms. The molecule has 0 radical (unpaired) electrons. The van der Waals surface area contributed by atoms with Gasteiger partial charge in [-0.3, -0.25) is 14.4 Å². The molecule has 9 atom stereocenters. The zero-order chi connectivity index (χ0) is 26.9. The molecule has 9 unspecified atom stereocenters. The minimum Gasteiger partial charge on any atom is -0.465 e. The van der Waals surface area contributed by atoms with Crippen LogP contribution in [0.5, 0.6) is 0 Å². The van der Waals surface area contributed by atoms with Crippen molar-refractivity contribution >= 4 is 17.8 Å². The van der Waals surface area contributed by atoms with Crippen molar-refractivity contribution in [2.45, 2.75) is 121 Å². The van der Waals surface area contributed by atoms with E-state index < -0.39 is 5.41 Å². The normalized spacial score (nSPS) is 45.8. The summed E-state index contributed by atoms with van der Waals surface area (Å²) >= 11 is 0. The van der Waals surface area contributed by atoms with Gasteiger partial charge in [-0.05, 0) is 78.6 Å². The number of epoxide rings is 3. The lowest BCUT2D eigenvalue weighted by Gasteiger charge is -2.32. The Kier molecular flexibility index (Phi) is 6.39. The van der Waals surface area contributed by atoms with E-state index in [9.17, 15) is 14.4 Å². The number of nitrogens with one attached hydrogen (secondary N) is 2. The highest BCUT2D eigenvalue weighted by atomic mass is 16.6. The fourth-order valence-corrected chi connectivity index (χ4v) is 7.04. The molecule has 6 fully saturated rings. The summed E-state index contributed by atoms with van der Waals surface area (Å²) < 4.78 is 23.1. The average molecular weight is 533 g/mol. The van der Waals surface area contributed by atoms with E-state index in [1.807, 2.05) is 6.92 Å². The average Bonchev–Trinajstić information content (AvgIpc) is 3.82. The summed E-state index contributed by atoms with van der Waals surface area (Å²) in [7, 11) is 0. The fourth-order valence-electron chi connectivity index (χ4n) is 7.04. The smallest absolute Gasteiger partial charge is 0.309 e. The molecule has 9 heteroatoms. The highest BCUT2D eigenvalue weighted by molar-refractivity contribution is 5.80. The second-order valence-corrected chi connectivity index (χ2v) is 14.0. The first-order valence-corrected chi connectivity index (χ1v) is 14.7. The lowest BCUT2D eigenvalue weighted by molar-refractivity contribution is -0.153. The quantitative estimate of drug-likeness (QED) is 0.346. The van der Waals surface area contributed by atoms with Crippen molar-refractivity contribution in [1.82, 2.24) is 10.6 Å². The molecule has 212 valence electrons.